The van der Waals surface area contributed by atoms with Gasteiger partial charge in [0.25, 0.3) is 21.9 Å². The van der Waals surface area contributed by atoms with E-state index in [0.717, 1.165) is 17.1 Å². The van der Waals surface area contributed by atoms with Crippen LogP contribution in [-0.4, -0.2) is 60.0 Å². The highest BCUT2D eigenvalue weighted by Crippen LogP contribution is 2.46. The van der Waals surface area contributed by atoms with Gasteiger partial charge in [0.2, 0.25) is 5.91 Å². The van der Waals surface area contributed by atoms with Crippen LogP contribution < -0.4 is 5.32 Å². The van der Waals surface area contributed by atoms with Crippen LogP contribution in [0, 0.1) is 0 Å². The normalized spacial score (nSPS) is 16.4. The Balaban J connectivity index is 1.57. The second-order valence-electron chi connectivity index (χ2n) is 7.62. The number of nitrogens with zero attached hydrogens (tertiary/aromatic N) is 1. The van der Waals surface area contributed by atoms with Crippen LogP contribution in [0.1, 0.15) is 23.5 Å². The molecule has 0 saturated carbocycles. The Kier molecular flexibility index (Phi) is 5.94. The highest BCUT2D eigenvalue weighted by Gasteiger charge is 2.32. The fraction of sp³-hybridized carbons (Fsp3) is 0.182. The summed E-state index contributed by atoms with van der Waals surface area (Å²) >= 11 is 0. The van der Waals surface area contributed by atoms with Gasteiger partial charge in [-0.2, -0.15) is 8.42 Å². The summed E-state index contributed by atoms with van der Waals surface area (Å²) < 4.78 is 37.3. The van der Waals surface area contributed by atoms with Crippen LogP contribution in [0.2, 0.25) is 0 Å². The molecule has 1 aliphatic carbocycles. The Hall–Kier alpha value is -4.03. The zero-order valence-electron chi connectivity index (χ0n) is 17.4. The minimum Gasteiger partial charge on any atom is -0.450 e. The molecule has 1 heterocycles. The molecule has 1 aliphatic heterocycles. The lowest BCUT2D eigenvalue weighted by atomic mass is 9.97. The number of imide groups is 1. The van der Waals surface area contributed by atoms with Crippen LogP contribution in [0.5, 0.6) is 0 Å². The SMILES string of the molecule is O=C(CCN1C(=O)C=CC1=O)Nc1ccc2c(c1)C(COC(=O)O)c1cc(S(=O)(=O)O)ccc1-2. The van der Waals surface area contributed by atoms with Crippen molar-refractivity contribution in [2.24, 2.45) is 0 Å². The van der Waals surface area contributed by atoms with E-state index in [1.807, 2.05) is 0 Å². The number of anilines is 1. The highest BCUT2D eigenvalue weighted by molar-refractivity contribution is 7.85. The first-order valence-corrected chi connectivity index (χ1v) is 11.4. The summed E-state index contributed by atoms with van der Waals surface area (Å²) in [6, 6.07) is 8.93. The zero-order valence-corrected chi connectivity index (χ0v) is 18.2. The molecule has 0 spiro atoms. The molecule has 176 valence electrons. The number of ether oxygens (including phenoxy) is 1. The lowest BCUT2D eigenvalue weighted by Crippen LogP contribution is -2.33. The van der Waals surface area contributed by atoms with E-state index in [2.05, 4.69) is 5.32 Å². The molecule has 3 amide bonds. The van der Waals surface area contributed by atoms with Gasteiger partial charge >= 0.3 is 6.16 Å². The van der Waals surface area contributed by atoms with E-state index in [1.54, 1.807) is 18.2 Å². The summed E-state index contributed by atoms with van der Waals surface area (Å²) in [4.78, 5) is 47.2. The summed E-state index contributed by atoms with van der Waals surface area (Å²) in [5.41, 5.74) is 2.75. The van der Waals surface area contributed by atoms with Gasteiger partial charge in [-0.25, -0.2) is 4.79 Å². The van der Waals surface area contributed by atoms with E-state index in [1.165, 1.54) is 18.2 Å². The number of hydrogen-bond acceptors (Lipinski definition) is 7. The van der Waals surface area contributed by atoms with Crippen molar-refractivity contribution in [3.63, 3.8) is 0 Å². The summed E-state index contributed by atoms with van der Waals surface area (Å²) in [7, 11) is -4.48. The lowest BCUT2D eigenvalue weighted by molar-refractivity contribution is -0.137. The molecule has 4 rings (SSSR count). The van der Waals surface area contributed by atoms with Crippen molar-refractivity contribution < 1.29 is 42.0 Å². The predicted molar refractivity (Wildman–Crippen MR) is 117 cm³/mol. The number of carbonyl (C=O) groups excluding carboxylic acids is 3. The van der Waals surface area contributed by atoms with Crippen molar-refractivity contribution >= 4 is 39.7 Å². The fourth-order valence-corrected chi connectivity index (χ4v) is 4.51. The number of hydrogen-bond donors (Lipinski definition) is 3. The van der Waals surface area contributed by atoms with Gasteiger partial charge in [-0.1, -0.05) is 12.1 Å². The number of nitrogens with one attached hydrogen (secondary N) is 1. The number of carboxylic acid groups (broad SMARTS) is 1. The third-order valence-corrected chi connectivity index (χ3v) is 6.38. The van der Waals surface area contributed by atoms with E-state index >= 15 is 0 Å². The van der Waals surface area contributed by atoms with Gasteiger partial charge in [0.15, 0.2) is 0 Å². The van der Waals surface area contributed by atoms with Gasteiger partial charge in [-0.15, -0.1) is 0 Å². The maximum Gasteiger partial charge on any atom is 0.505 e. The van der Waals surface area contributed by atoms with E-state index in [-0.39, 0.29) is 24.5 Å². The molecule has 2 aliphatic rings. The second-order valence-corrected chi connectivity index (χ2v) is 9.04. The van der Waals surface area contributed by atoms with Crippen LogP contribution in [0.15, 0.2) is 53.4 Å². The number of amides is 3. The smallest absolute Gasteiger partial charge is 0.450 e. The molecule has 0 saturated heterocycles. The van der Waals surface area contributed by atoms with Crippen LogP contribution in [0.3, 0.4) is 0 Å². The quantitative estimate of drug-likeness (QED) is 0.301. The zero-order chi connectivity index (χ0) is 24.6. The molecule has 2 aromatic carbocycles. The van der Waals surface area contributed by atoms with Gasteiger partial charge in [0.05, 0.1) is 4.90 Å². The first kappa shape index (κ1) is 23.1. The summed E-state index contributed by atoms with van der Waals surface area (Å²) in [5, 5.41) is 11.6. The Morgan fingerprint density at radius 3 is 2.24 bits per heavy atom. The molecular formula is C22H18N2O9S. The molecule has 0 bridgehead atoms. The largest absolute Gasteiger partial charge is 0.505 e. The van der Waals surface area contributed by atoms with E-state index in [9.17, 15) is 32.1 Å². The average molecular weight is 486 g/mol. The average Bonchev–Trinajstić information content (AvgIpc) is 3.25. The first-order valence-electron chi connectivity index (χ1n) is 9.99. The summed E-state index contributed by atoms with van der Waals surface area (Å²) in [6.45, 7) is -0.395. The van der Waals surface area contributed by atoms with E-state index in [4.69, 9.17) is 9.84 Å². The van der Waals surface area contributed by atoms with Crippen molar-refractivity contribution in [3.8, 4) is 11.1 Å². The molecule has 1 atom stereocenters. The third kappa shape index (κ3) is 4.54. The van der Waals surface area contributed by atoms with E-state index < -0.39 is 39.9 Å². The van der Waals surface area contributed by atoms with Crippen molar-refractivity contribution in [3.05, 3.63) is 59.7 Å². The molecule has 0 aromatic heterocycles. The van der Waals surface area contributed by atoms with Crippen molar-refractivity contribution in [1.29, 1.82) is 0 Å². The second kappa shape index (κ2) is 8.72. The maximum absolute atomic E-state index is 12.4. The molecule has 3 N–H and O–H groups in total. The van der Waals surface area contributed by atoms with Gasteiger partial charge < -0.3 is 15.2 Å². The monoisotopic (exact) mass is 486 g/mol. The van der Waals surface area contributed by atoms with Crippen molar-refractivity contribution in [2.45, 2.75) is 17.2 Å². The number of benzene rings is 2. The molecule has 2 aromatic rings. The molecular weight excluding hydrogens is 468 g/mol. The molecule has 12 heteroatoms. The minimum absolute atomic E-state index is 0.0830. The van der Waals surface area contributed by atoms with E-state index in [0.29, 0.717) is 27.9 Å². The standard InChI is InChI=1S/C22H18N2O9S/c25-19(7-8-24-20(26)5-6-21(24)27)23-12-1-3-14-15-4-2-13(34(30,31)32)10-17(15)18(16(14)9-12)11-33-22(28)29/h1-6,9-10,18H,7-8,11H2,(H,23,25)(H,28,29)(H,30,31,32). The van der Waals surface area contributed by atoms with Gasteiger partial charge in [-0.3, -0.25) is 23.8 Å². The number of rotatable bonds is 7. The molecule has 11 nitrogen and oxygen atoms in total. The van der Waals surface area contributed by atoms with Crippen LogP contribution in [0.4, 0.5) is 10.5 Å². The van der Waals surface area contributed by atoms with Gasteiger partial charge in [0.1, 0.15) is 6.61 Å². The number of carbonyl (C=O) groups is 4. The molecule has 34 heavy (non-hydrogen) atoms. The van der Waals surface area contributed by atoms with Crippen LogP contribution in [-0.2, 0) is 29.2 Å². The molecule has 0 radical (unpaired) electrons. The molecule has 1 unspecified atom stereocenters. The minimum atomic E-state index is -4.48. The Bertz CT molecular complexity index is 1350. The molecule has 0 fully saturated rings. The fourth-order valence-electron chi connectivity index (χ4n) is 4.00. The Morgan fingerprint density at radius 2 is 1.62 bits per heavy atom. The first-order chi connectivity index (χ1) is 16.0. The predicted octanol–water partition coefficient (Wildman–Crippen LogP) is 1.99. The lowest BCUT2D eigenvalue weighted by Gasteiger charge is -2.15. The Morgan fingerprint density at radius 1 is 1.00 bits per heavy atom. The topological polar surface area (TPSA) is 167 Å². The Labute approximate surface area is 193 Å². The van der Waals surface area contributed by atoms with Gasteiger partial charge in [0, 0.05) is 36.7 Å². The van der Waals surface area contributed by atoms with Crippen molar-refractivity contribution in [1.82, 2.24) is 4.90 Å². The number of fused-ring (bicyclic) bond motifs is 3. The van der Waals surface area contributed by atoms with Crippen LogP contribution >= 0.6 is 0 Å². The summed E-state index contributed by atoms with van der Waals surface area (Å²) in [6.07, 6.45) is 0.627. The summed E-state index contributed by atoms with van der Waals surface area (Å²) in [5.74, 6) is -2.10. The van der Waals surface area contributed by atoms with Crippen molar-refractivity contribution in [2.75, 3.05) is 18.5 Å². The highest BCUT2D eigenvalue weighted by atomic mass is 32.2. The maximum atomic E-state index is 12.4. The van der Waals surface area contributed by atoms with Gasteiger partial charge in [-0.05, 0) is 46.5 Å². The third-order valence-electron chi connectivity index (χ3n) is 5.53. The van der Waals surface area contributed by atoms with Crippen LogP contribution in [0.25, 0.3) is 11.1 Å².